The van der Waals surface area contributed by atoms with E-state index in [-0.39, 0.29) is 11.2 Å². The minimum atomic E-state index is -0.364. The van der Waals surface area contributed by atoms with Crippen molar-refractivity contribution in [1.82, 2.24) is 33.8 Å². The van der Waals surface area contributed by atoms with Gasteiger partial charge in [-0.3, -0.25) is 24.1 Å². The molecule has 30 heavy (non-hydrogen) atoms. The molecule has 2 aliphatic heterocycles. The zero-order valence-corrected chi connectivity index (χ0v) is 18.6. The number of aryl methyl sites for hydroxylation is 2. The number of aromatic amines is 1. The van der Waals surface area contributed by atoms with Crippen molar-refractivity contribution in [2.45, 2.75) is 51.7 Å². The Morgan fingerprint density at radius 2 is 1.87 bits per heavy atom. The molecule has 9 nitrogen and oxygen atoms in total. The SMILES string of the molecule is CCCCn1c(=O)[nH]c(=O)c2c1nc(CN1CCN(C3CCCN(C)C3)CC1)n2C. The van der Waals surface area contributed by atoms with Gasteiger partial charge in [-0.1, -0.05) is 13.3 Å². The van der Waals surface area contributed by atoms with E-state index in [1.807, 2.05) is 11.6 Å². The first-order chi connectivity index (χ1) is 14.5. The van der Waals surface area contributed by atoms with Crippen LogP contribution in [0, 0.1) is 0 Å². The Balaban J connectivity index is 1.48. The highest BCUT2D eigenvalue weighted by atomic mass is 16.2. The van der Waals surface area contributed by atoms with Crippen LogP contribution in [0.15, 0.2) is 9.59 Å². The van der Waals surface area contributed by atoms with Crippen LogP contribution in [0.25, 0.3) is 11.2 Å². The van der Waals surface area contributed by atoms with E-state index in [1.54, 1.807) is 4.57 Å². The molecule has 1 N–H and O–H groups in total. The van der Waals surface area contributed by atoms with E-state index in [2.05, 4.69) is 33.7 Å². The predicted molar refractivity (Wildman–Crippen MR) is 118 cm³/mol. The molecule has 2 aromatic rings. The Labute approximate surface area is 177 Å². The first-order valence-electron chi connectivity index (χ1n) is 11.3. The molecule has 9 heteroatoms. The molecule has 0 bridgehead atoms. The van der Waals surface area contributed by atoms with Crippen molar-refractivity contribution < 1.29 is 0 Å². The number of hydrogen-bond acceptors (Lipinski definition) is 6. The summed E-state index contributed by atoms with van der Waals surface area (Å²) in [5.41, 5.74) is 0.287. The van der Waals surface area contributed by atoms with E-state index in [9.17, 15) is 9.59 Å². The van der Waals surface area contributed by atoms with Crippen LogP contribution in [-0.4, -0.2) is 86.2 Å². The van der Waals surface area contributed by atoms with Gasteiger partial charge in [0.25, 0.3) is 5.56 Å². The van der Waals surface area contributed by atoms with Crippen LogP contribution in [-0.2, 0) is 20.1 Å². The summed E-state index contributed by atoms with van der Waals surface area (Å²) < 4.78 is 3.47. The summed E-state index contributed by atoms with van der Waals surface area (Å²) in [7, 11) is 4.10. The number of piperidine rings is 1. The van der Waals surface area contributed by atoms with E-state index in [1.165, 1.54) is 25.9 Å². The Morgan fingerprint density at radius 3 is 2.57 bits per heavy atom. The maximum atomic E-state index is 12.4. The summed E-state index contributed by atoms with van der Waals surface area (Å²) in [5.74, 6) is 0.845. The zero-order chi connectivity index (χ0) is 21.3. The van der Waals surface area contributed by atoms with Crippen molar-refractivity contribution in [3.05, 3.63) is 26.7 Å². The van der Waals surface area contributed by atoms with Crippen molar-refractivity contribution >= 4 is 11.2 Å². The molecule has 4 rings (SSSR count). The van der Waals surface area contributed by atoms with E-state index >= 15 is 0 Å². The van der Waals surface area contributed by atoms with Gasteiger partial charge in [0.2, 0.25) is 0 Å². The Bertz CT molecular complexity index is 984. The number of rotatable bonds is 6. The van der Waals surface area contributed by atoms with Crippen molar-refractivity contribution in [3.63, 3.8) is 0 Å². The lowest BCUT2D eigenvalue weighted by Crippen LogP contribution is -2.54. The average molecular weight is 418 g/mol. The van der Waals surface area contributed by atoms with Gasteiger partial charge in [0.15, 0.2) is 11.2 Å². The Kier molecular flexibility index (Phi) is 6.40. The number of aromatic nitrogens is 4. The van der Waals surface area contributed by atoms with E-state index in [0.717, 1.165) is 44.8 Å². The van der Waals surface area contributed by atoms with Crippen LogP contribution in [0.3, 0.4) is 0 Å². The second kappa shape index (κ2) is 9.03. The highest BCUT2D eigenvalue weighted by Gasteiger charge is 2.27. The minimum Gasteiger partial charge on any atom is -0.324 e. The first-order valence-corrected chi connectivity index (χ1v) is 11.3. The second-order valence-electron chi connectivity index (χ2n) is 8.89. The van der Waals surface area contributed by atoms with Crippen molar-refractivity contribution in [2.24, 2.45) is 7.05 Å². The minimum absolute atomic E-state index is 0.352. The van der Waals surface area contributed by atoms with Crippen molar-refractivity contribution in [1.29, 1.82) is 0 Å². The van der Waals surface area contributed by atoms with Crippen LogP contribution in [0.5, 0.6) is 0 Å². The molecule has 4 heterocycles. The average Bonchev–Trinajstić information content (AvgIpc) is 3.05. The number of likely N-dealkylation sites (N-methyl/N-ethyl adjacent to an activating group) is 1. The molecule has 0 aliphatic carbocycles. The standard InChI is InChI=1S/C21H35N7O2/c1-4-5-9-28-19-18(20(29)23-21(28)30)25(3)17(22-19)15-26-10-12-27(13-11-26)16-7-6-8-24(2)14-16/h16H,4-15H2,1-3H3,(H,23,29,30). The molecule has 2 aliphatic rings. The number of fused-ring (bicyclic) bond motifs is 1. The summed E-state index contributed by atoms with van der Waals surface area (Å²) in [6, 6.07) is 0.674. The Hall–Kier alpha value is -1.97. The number of likely N-dealkylation sites (tertiary alicyclic amines) is 1. The van der Waals surface area contributed by atoms with E-state index in [4.69, 9.17) is 4.98 Å². The van der Waals surface area contributed by atoms with Crippen molar-refractivity contribution in [2.75, 3.05) is 46.3 Å². The molecule has 2 aromatic heterocycles. The smallest absolute Gasteiger partial charge is 0.324 e. The fraction of sp³-hybridized carbons (Fsp3) is 0.762. The molecule has 0 spiro atoms. The normalized spacial score (nSPS) is 22.2. The quantitative estimate of drug-likeness (QED) is 0.734. The number of hydrogen-bond donors (Lipinski definition) is 1. The number of unbranched alkanes of at least 4 members (excludes halogenated alkanes) is 1. The lowest BCUT2D eigenvalue weighted by Gasteiger charge is -2.42. The monoisotopic (exact) mass is 417 g/mol. The van der Waals surface area contributed by atoms with E-state index < -0.39 is 0 Å². The van der Waals surface area contributed by atoms with Gasteiger partial charge in [0.05, 0.1) is 6.54 Å². The number of nitrogens with zero attached hydrogens (tertiary/aromatic N) is 6. The lowest BCUT2D eigenvalue weighted by atomic mass is 10.0. The van der Waals surface area contributed by atoms with Gasteiger partial charge in [-0.2, -0.15) is 0 Å². The summed E-state index contributed by atoms with van der Waals surface area (Å²) in [4.78, 5) is 39.4. The molecule has 0 aromatic carbocycles. The largest absolute Gasteiger partial charge is 0.330 e. The summed E-state index contributed by atoms with van der Waals surface area (Å²) >= 11 is 0. The zero-order valence-electron chi connectivity index (χ0n) is 18.6. The molecule has 2 saturated heterocycles. The van der Waals surface area contributed by atoms with Crippen LogP contribution in [0.1, 0.15) is 38.4 Å². The van der Waals surface area contributed by atoms with Gasteiger partial charge < -0.3 is 9.47 Å². The molecule has 1 atom stereocenters. The van der Waals surface area contributed by atoms with E-state index in [0.29, 0.717) is 30.3 Å². The fourth-order valence-electron chi connectivity index (χ4n) is 4.88. The Morgan fingerprint density at radius 1 is 1.10 bits per heavy atom. The highest BCUT2D eigenvalue weighted by molar-refractivity contribution is 5.70. The second-order valence-corrected chi connectivity index (χ2v) is 8.89. The lowest BCUT2D eigenvalue weighted by molar-refractivity contribution is 0.0557. The summed E-state index contributed by atoms with van der Waals surface area (Å²) in [5, 5.41) is 0. The fourth-order valence-corrected chi connectivity index (χ4v) is 4.88. The number of nitrogens with one attached hydrogen (secondary N) is 1. The number of piperazine rings is 1. The van der Waals surface area contributed by atoms with Crippen LogP contribution >= 0.6 is 0 Å². The van der Waals surface area contributed by atoms with Gasteiger partial charge in [-0.15, -0.1) is 0 Å². The van der Waals surface area contributed by atoms with Gasteiger partial charge >= 0.3 is 5.69 Å². The van der Waals surface area contributed by atoms with Crippen LogP contribution in [0.2, 0.25) is 0 Å². The molecular weight excluding hydrogens is 382 g/mol. The molecule has 0 radical (unpaired) electrons. The van der Waals surface area contributed by atoms with Crippen LogP contribution < -0.4 is 11.2 Å². The van der Waals surface area contributed by atoms with Crippen molar-refractivity contribution in [3.8, 4) is 0 Å². The topological polar surface area (TPSA) is 82.4 Å². The van der Waals surface area contributed by atoms with Gasteiger partial charge in [-0.05, 0) is 32.9 Å². The maximum Gasteiger partial charge on any atom is 0.330 e. The van der Waals surface area contributed by atoms with Crippen LogP contribution in [0.4, 0.5) is 0 Å². The molecule has 2 fully saturated rings. The number of imidazole rings is 1. The molecular formula is C21H35N7O2. The predicted octanol–water partition coefficient (Wildman–Crippen LogP) is 0.435. The third kappa shape index (κ3) is 4.24. The summed E-state index contributed by atoms with van der Waals surface area (Å²) in [6.45, 7) is 9.90. The van der Waals surface area contributed by atoms with Gasteiger partial charge in [0.1, 0.15) is 5.82 Å². The third-order valence-electron chi connectivity index (χ3n) is 6.73. The summed E-state index contributed by atoms with van der Waals surface area (Å²) in [6.07, 6.45) is 4.45. The molecule has 0 saturated carbocycles. The number of H-pyrrole nitrogens is 1. The third-order valence-corrected chi connectivity index (χ3v) is 6.73. The first kappa shape index (κ1) is 21.3. The highest BCUT2D eigenvalue weighted by Crippen LogP contribution is 2.18. The van der Waals surface area contributed by atoms with Gasteiger partial charge in [0, 0.05) is 52.4 Å². The molecule has 166 valence electrons. The van der Waals surface area contributed by atoms with Gasteiger partial charge in [-0.25, -0.2) is 9.78 Å². The molecule has 1 unspecified atom stereocenters. The maximum absolute atomic E-state index is 12.4. The molecule has 0 amide bonds.